The summed E-state index contributed by atoms with van der Waals surface area (Å²) in [6.45, 7) is 2.40. The van der Waals surface area contributed by atoms with Crippen molar-refractivity contribution in [2.45, 2.75) is 202 Å². The number of rotatable bonds is 48. The molecule has 0 bridgehead atoms. The molecule has 19 rings (SSSR count). The molecule has 0 aliphatic carbocycles. The van der Waals surface area contributed by atoms with Gasteiger partial charge in [-0.3, -0.25) is 0 Å². The third-order valence-electron chi connectivity index (χ3n) is 27.6. The van der Waals surface area contributed by atoms with Gasteiger partial charge in [-0.1, -0.05) is 455 Å². The molecule has 19 heteroatoms. The van der Waals surface area contributed by atoms with Crippen molar-refractivity contribution in [2.75, 3.05) is 13.3 Å². The SMILES string of the molecule is CO[C@H]1O[C@H](/C=C\[C@@H]2O[C@H](/C=C\[C@@H]3O[C@H](/C=C\[C@@H]4O[C@H](C[P+](c5ccccc5)(c5ccccc5)c5ccccc5)[C@H](OCc5ccccc5)[C@H](OCc5ccccc5)[C@H]4OCc4ccccc4)[C@H](OCc4ccccc4)[C@H](OCc4ccccc4)[C@H]3OCc3ccccc3)[C@H](OCc3ccccc3)[C@H](OCc3ccccc3)[C@H]2OCc2ccccc2)[C@H](OCc2ccccc2)[C@H](OCc2ccccc2)[C@H]1OCc1ccccc1.[I-]. The molecular weight excluding hydrogens is 1990 g/mol. The van der Waals surface area contributed by atoms with Gasteiger partial charge in [-0.25, -0.2) is 0 Å². The smallest absolute Gasteiger partial charge is 0.186 e. The first-order chi connectivity index (χ1) is 73.3. The molecule has 0 N–H and O–H groups in total. The third-order valence-corrected chi connectivity index (χ3v) is 32.0. The highest BCUT2D eigenvalue weighted by Gasteiger charge is 2.57. The predicted octanol–water partition coefficient (Wildman–Crippen LogP) is 20.4. The molecule has 0 radical (unpaired) electrons. The summed E-state index contributed by atoms with van der Waals surface area (Å²) in [5.74, 6) is 0. The summed E-state index contributed by atoms with van der Waals surface area (Å²) < 4.78 is 128. The van der Waals surface area contributed by atoms with E-state index in [1.807, 2.05) is 231 Å². The van der Waals surface area contributed by atoms with Crippen molar-refractivity contribution in [1.29, 1.82) is 0 Å². The Kier molecular flexibility index (Phi) is 40.3. The van der Waals surface area contributed by atoms with E-state index in [2.05, 4.69) is 261 Å². The van der Waals surface area contributed by atoms with E-state index in [1.165, 1.54) is 15.9 Å². The first kappa shape index (κ1) is 107. The lowest BCUT2D eigenvalue weighted by Gasteiger charge is -2.47. The van der Waals surface area contributed by atoms with Crippen LogP contribution < -0.4 is 39.9 Å². The van der Waals surface area contributed by atoms with Crippen LogP contribution in [-0.4, -0.2) is 136 Å². The van der Waals surface area contributed by atoms with Gasteiger partial charge in [0.1, 0.15) is 145 Å². The van der Waals surface area contributed by atoms with Crippen molar-refractivity contribution in [2.24, 2.45) is 0 Å². The van der Waals surface area contributed by atoms with E-state index in [-0.39, 0.29) is 103 Å². The Labute approximate surface area is 894 Å². The van der Waals surface area contributed by atoms with Gasteiger partial charge in [0.2, 0.25) is 0 Å². The summed E-state index contributed by atoms with van der Waals surface area (Å²) in [7, 11) is -1.13. The highest BCUT2D eigenvalue weighted by molar-refractivity contribution is 7.95. The van der Waals surface area contributed by atoms with Crippen LogP contribution in [0.25, 0.3) is 0 Å². The molecule has 764 valence electrons. The van der Waals surface area contributed by atoms with Crippen LogP contribution in [-0.2, 0) is 160 Å². The van der Waals surface area contributed by atoms with Gasteiger partial charge in [0.05, 0.1) is 79.3 Å². The Bertz CT molecular complexity index is 6310. The zero-order valence-electron chi connectivity index (χ0n) is 83.8. The van der Waals surface area contributed by atoms with Crippen molar-refractivity contribution in [3.63, 3.8) is 0 Å². The minimum Gasteiger partial charge on any atom is -1.00 e. The topological polar surface area (TPSA) is 157 Å². The van der Waals surface area contributed by atoms with Gasteiger partial charge in [0, 0.05) is 7.11 Å². The lowest BCUT2D eigenvalue weighted by Crippen LogP contribution is -3.00. The fourth-order valence-corrected chi connectivity index (χ4v) is 24.5. The van der Waals surface area contributed by atoms with Crippen LogP contribution in [0, 0.1) is 0 Å². The number of ether oxygens (including phenoxy) is 17. The summed E-state index contributed by atoms with van der Waals surface area (Å²) >= 11 is 0. The lowest BCUT2D eigenvalue weighted by atomic mass is 9.90. The van der Waals surface area contributed by atoms with Crippen molar-refractivity contribution < 1.29 is 105 Å². The molecule has 4 aliphatic rings. The van der Waals surface area contributed by atoms with E-state index in [0.717, 1.165) is 66.8 Å². The fraction of sp³-hybridized carbons (Fsp3) is 0.262. The van der Waals surface area contributed by atoms with Crippen LogP contribution in [0.3, 0.4) is 0 Å². The van der Waals surface area contributed by atoms with Crippen LogP contribution in [0.1, 0.15) is 66.8 Å². The number of benzene rings is 15. The van der Waals surface area contributed by atoms with Gasteiger partial charge in [-0.05, 0) is 103 Å². The Morgan fingerprint density at radius 3 is 0.517 bits per heavy atom. The van der Waals surface area contributed by atoms with E-state index < -0.39 is 130 Å². The number of methoxy groups -OCH3 is 1. The molecule has 0 amide bonds. The highest BCUT2D eigenvalue weighted by atomic mass is 127. The summed E-state index contributed by atoms with van der Waals surface area (Å²) in [6.07, 6.45) is -4.43. The van der Waals surface area contributed by atoms with E-state index >= 15 is 0 Å². The van der Waals surface area contributed by atoms with Gasteiger partial charge in [0.25, 0.3) is 0 Å². The number of hydrogen-bond acceptors (Lipinski definition) is 17. The van der Waals surface area contributed by atoms with Gasteiger partial charge >= 0.3 is 0 Å². The zero-order chi connectivity index (χ0) is 100. The molecule has 4 heterocycles. The zero-order valence-corrected chi connectivity index (χ0v) is 86.8. The average Bonchev–Trinajstić information content (AvgIpc) is 0.726. The van der Waals surface area contributed by atoms with E-state index in [4.69, 9.17) is 80.5 Å². The van der Waals surface area contributed by atoms with Crippen LogP contribution in [0.5, 0.6) is 0 Å². The molecule has 0 aromatic heterocycles. The van der Waals surface area contributed by atoms with Crippen molar-refractivity contribution in [3.8, 4) is 0 Å². The fourth-order valence-electron chi connectivity index (χ4n) is 20.1. The van der Waals surface area contributed by atoms with E-state index in [1.54, 1.807) is 7.11 Å². The second-order valence-corrected chi connectivity index (χ2v) is 41.3. The van der Waals surface area contributed by atoms with E-state index in [0.29, 0.717) is 6.16 Å². The first-order valence-corrected chi connectivity index (χ1v) is 53.4. The van der Waals surface area contributed by atoms with Crippen LogP contribution >= 0.6 is 7.26 Å². The quantitative estimate of drug-likeness (QED) is 0.0201. The molecule has 4 aliphatic heterocycles. The second-order valence-electron chi connectivity index (χ2n) is 37.8. The van der Waals surface area contributed by atoms with Crippen LogP contribution in [0.4, 0.5) is 0 Å². The maximum atomic E-state index is 8.25. The number of halogens is 1. The van der Waals surface area contributed by atoms with Gasteiger partial charge in [-0.15, -0.1) is 0 Å². The predicted molar refractivity (Wildman–Crippen MR) is 579 cm³/mol. The van der Waals surface area contributed by atoms with Crippen molar-refractivity contribution >= 4 is 23.2 Å². The standard InChI is InChI=1S/C130H130O17P.HI/c1-131-130-129(143-94-107-69-39-13-40-70-107)128(142-93-106-67-37-12-38-68-106)123(137-88-101-57-27-7-28-58-101)116(147-130)82-81-114-121(135-86-99-53-23-5-24-54-99)126(140-91-104-63-33-10-34-64-104)119(133-84-97-49-19-3-20-50-97)112(145-114)78-77-111-118(132-83-96-47-17-2-18-48-96)125(139-90-103-61-31-9-32-62-103)120(134-85-98-51-21-4-22-52-98)113(144-111)79-80-115-122(136-87-100-55-25-6-26-56-100)127(141-92-105-65-35-11-36-66-105)124(138-89-102-59-29-8-30-60-102)117(146-115)95-148(108-71-41-14-42-72-108,109-73-43-15-44-74-109)110-75-45-16-46-76-110;/h2-82,111-130H,83-95H2,1H3;1H/q+1;/p-1/b78-77-,80-79-,82-81-;/t111-,112+,113+,114-,115-,116+,117+,118-,119-,120-,121-,122-,123-,124-,125+,126-,127+,128-,129+,130-;/m0./s1. The Hall–Kier alpha value is -12.0. The molecule has 4 saturated heterocycles. The highest BCUT2D eigenvalue weighted by Crippen LogP contribution is 2.58. The molecule has 0 unspecified atom stereocenters. The first-order valence-electron chi connectivity index (χ1n) is 51.5. The van der Waals surface area contributed by atoms with Crippen LogP contribution in [0.15, 0.2) is 491 Å². The van der Waals surface area contributed by atoms with Crippen molar-refractivity contribution in [3.05, 3.63) is 558 Å². The molecule has 17 nitrogen and oxygen atoms in total. The number of hydrogen-bond donors (Lipinski definition) is 0. The minimum atomic E-state index is -2.76. The minimum absolute atomic E-state index is 0. The Morgan fingerprint density at radius 1 is 0.174 bits per heavy atom. The monoisotopic (exact) mass is 2120 g/mol. The lowest BCUT2D eigenvalue weighted by molar-refractivity contribution is -0.309. The normalized spacial score (nSPS) is 24.1. The summed E-state index contributed by atoms with van der Waals surface area (Å²) in [5.41, 5.74) is 11.5. The molecule has 20 atom stereocenters. The molecular formula is C130H130IO17P. The van der Waals surface area contributed by atoms with E-state index in [9.17, 15) is 0 Å². The van der Waals surface area contributed by atoms with Crippen molar-refractivity contribution in [1.82, 2.24) is 0 Å². The molecule has 0 spiro atoms. The second kappa shape index (κ2) is 56.2. The average molecular weight is 2120 g/mol. The molecule has 149 heavy (non-hydrogen) atoms. The summed E-state index contributed by atoms with van der Waals surface area (Å²) in [6, 6.07) is 155. The molecule has 15 aromatic rings. The Balaban J connectivity index is 0.0000145. The third kappa shape index (κ3) is 29.4. The summed E-state index contributed by atoms with van der Waals surface area (Å²) in [5, 5.41) is 3.56. The van der Waals surface area contributed by atoms with Gasteiger partial charge < -0.3 is 105 Å². The maximum absolute atomic E-state index is 8.25. The summed E-state index contributed by atoms with van der Waals surface area (Å²) in [4.78, 5) is 0. The largest absolute Gasteiger partial charge is 1.00 e. The van der Waals surface area contributed by atoms with Gasteiger partial charge in [-0.2, -0.15) is 0 Å². The molecule has 0 saturated carbocycles. The van der Waals surface area contributed by atoms with Crippen LogP contribution in [0.2, 0.25) is 0 Å². The molecule has 15 aromatic carbocycles. The maximum Gasteiger partial charge on any atom is 0.186 e. The molecule has 4 fully saturated rings. The van der Waals surface area contributed by atoms with Gasteiger partial charge in [0.15, 0.2) is 6.29 Å². The Morgan fingerprint density at radius 2 is 0.322 bits per heavy atom.